The zero-order chi connectivity index (χ0) is 14.7. The molecule has 0 bridgehead atoms. The molecule has 0 fully saturated rings. The SMILES string of the molecule is CCCCCCCCCCCCCCC[CH]OCCO. The molecule has 0 amide bonds. The highest BCUT2D eigenvalue weighted by molar-refractivity contribution is 4.53. The van der Waals surface area contributed by atoms with E-state index in [4.69, 9.17) is 9.84 Å². The quantitative estimate of drug-likeness (QED) is 0.350. The van der Waals surface area contributed by atoms with Crippen LogP contribution in [0.1, 0.15) is 96.8 Å². The predicted molar refractivity (Wildman–Crippen MR) is 87.6 cm³/mol. The van der Waals surface area contributed by atoms with Crippen molar-refractivity contribution in [2.45, 2.75) is 96.8 Å². The molecule has 0 rings (SSSR count). The first-order valence-corrected chi connectivity index (χ1v) is 8.96. The summed E-state index contributed by atoms with van der Waals surface area (Å²) in [6, 6.07) is 0. The topological polar surface area (TPSA) is 29.5 Å². The normalized spacial score (nSPS) is 11.1. The summed E-state index contributed by atoms with van der Waals surface area (Å²) in [5.74, 6) is 0. The minimum atomic E-state index is 0.120. The number of hydrogen-bond donors (Lipinski definition) is 1. The minimum Gasteiger partial charge on any atom is -0.394 e. The molecule has 0 aliphatic carbocycles. The fourth-order valence-corrected chi connectivity index (χ4v) is 2.46. The Hall–Kier alpha value is -0.0800. The van der Waals surface area contributed by atoms with Crippen LogP contribution in [-0.2, 0) is 4.74 Å². The first-order chi connectivity index (χ1) is 9.91. The van der Waals surface area contributed by atoms with E-state index in [2.05, 4.69) is 6.92 Å². The Morgan fingerprint density at radius 1 is 0.700 bits per heavy atom. The minimum absolute atomic E-state index is 0.120. The lowest BCUT2D eigenvalue weighted by Crippen LogP contribution is -1.96. The van der Waals surface area contributed by atoms with Gasteiger partial charge < -0.3 is 9.84 Å². The maximum absolute atomic E-state index is 8.54. The summed E-state index contributed by atoms with van der Waals surface area (Å²) < 4.78 is 5.11. The van der Waals surface area contributed by atoms with E-state index in [0.717, 1.165) is 6.42 Å². The molecule has 0 aromatic heterocycles. The van der Waals surface area contributed by atoms with Gasteiger partial charge in [0, 0.05) is 0 Å². The third-order valence-corrected chi connectivity index (χ3v) is 3.75. The van der Waals surface area contributed by atoms with E-state index in [1.807, 2.05) is 6.61 Å². The van der Waals surface area contributed by atoms with Gasteiger partial charge in [0.05, 0.1) is 19.8 Å². The van der Waals surface area contributed by atoms with Crippen LogP contribution in [0, 0.1) is 6.61 Å². The Bertz CT molecular complexity index is 141. The van der Waals surface area contributed by atoms with E-state index in [1.165, 1.54) is 83.5 Å². The molecule has 20 heavy (non-hydrogen) atoms. The van der Waals surface area contributed by atoms with E-state index >= 15 is 0 Å². The number of hydrogen-bond acceptors (Lipinski definition) is 2. The van der Waals surface area contributed by atoms with Crippen LogP contribution in [0.4, 0.5) is 0 Å². The molecular formula is C18H37O2. The summed E-state index contributed by atoms with van der Waals surface area (Å²) in [5.41, 5.74) is 0. The van der Waals surface area contributed by atoms with Gasteiger partial charge in [-0.05, 0) is 6.42 Å². The molecule has 0 spiro atoms. The lowest BCUT2D eigenvalue weighted by atomic mass is 10.0. The van der Waals surface area contributed by atoms with Gasteiger partial charge in [-0.25, -0.2) is 0 Å². The molecule has 1 radical (unpaired) electrons. The molecule has 0 aliphatic heterocycles. The van der Waals surface area contributed by atoms with Gasteiger partial charge in [-0.2, -0.15) is 0 Å². The summed E-state index contributed by atoms with van der Waals surface area (Å²) in [4.78, 5) is 0. The average Bonchev–Trinajstić information content (AvgIpc) is 2.47. The Labute approximate surface area is 127 Å². The van der Waals surface area contributed by atoms with Gasteiger partial charge in [-0.15, -0.1) is 0 Å². The molecule has 2 nitrogen and oxygen atoms in total. The number of aliphatic hydroxyl groups is 1. The maximum atomic E-state index is 8.54. The fraction of sp³-hybridized carbons (Fsp3) is 0.944. The third-order valence-electron chi connectivity index (χ3n) is 3.75. The summed E-state index contributed by atoms with van der Waals surface area (Å²) >= 11 is 0. The standard InChI is InChI=1S/C18H37O2/c1-2-3-4-5-6-7-8-9-10-11-12-13-14-15-17-20-18-16-19/h17,19H,2-16,18H2,1H3. The Morgan fingerprint density at radius 2 is 1.15 bits per heavy atom. The van der Waals surface area contributed by atoms with E-state index < -0.39 is 0 Å². The summed E-state index contributed by atoms with van der Waals surface area (Å²) in [6.07, 6.45) is 19.2. The lowest BCUT2D eigenvalue weighted by Gasteiger charge is -2.03. The van der Waals surface area contributed by atoms with Crippen molar-refractivity contribution in [1.82, 2.24) is 0 Å². The van der Waals surface area contributed by atoms with Gasteiger partial charge in [0.15, 0.2) is 0 Å². The highest BCUT2D eigenvalue weighted by Crippen LogP contribution is 2.13. The second kappa shape index (κ2) is 18.9. The fourth-order valence-electron chi connectivity index (χ4n) is 2.46. The van der Waals surface area contributed by atoms with Gasteiger partial charge >= 0.3 is 0 Å². The van der Waals surface area contributed by atoms with Gasteiger partial charge in [0.1, 0.15) is 0 Å². The monoisotopic (exact) mass is 285 g/mol. The zero-order valence-electron chi connectivity index (χ0n) is 13.7. The van der Waals surface area contributed by atoms with Crippen molar-refractivity contribution in [2.24, 2.45) is 0 Å². The molecule has 0 atom stereocenters. The van der Waals surface area contributed by atoms with E-state index in [9.17, 15) is 0 Å². The molecular weight excluding hydrogens is 248 g/mol. The van der Waals surface area contributed by atoms with Gasteiger partial charge in [-0.3, -0.25) is 0 Å². The lowest BCUT2D eigenvalue weighted by molar-refractivity contribution is 0.132. The van der Waals surface area contributed by atoms with E-state index in [1.54, 1.807) is 0 Å². The van der Waals surface area contributed by atoms with Crippen molar-refractivity contribution < 1.29 is 9.84 Å². The average molecular weight is 285 g/mol. The molecule has 121 valence electrons. The second-order valence-electron chi connectivity index (χ2n) is 5.79. The first kappa shape index (κ1) is 19.9. The van der Waals surface area contributed by atoms with E-state index in [-0.39, 0.29) is 6.61 Å². The van der Waals surface area contributed by atoms with Crippen LogP contribution in [0.15, 0.2) is 0 Å². The highest BCUT2D eigenvalue weighted by Gasteiger charge is 1.94. The Kier molecular flexibility index (Phi) is 18.8. The molecule has 0 saturated heterocycles. The molecule has 0 saturated carbocycles. The van der Waals surface area contributed by atoms with Gasteiger partial charge in [-0.1, -0.05) is 90.4 Å². The molecule has 0 aromatic rings. The summed E-state index contributed by atoms with van der Waals surface area (Å²) in [6.45, 7) is 4.68. The Balaban J connectivity index is 2.89. The van der Waals surface area contributed by atoms with Crippen molar-refractivity contribution in [2.75, 3.05) is 13.2 Å². The highest BCUT2D eigenvalue weighted by atomic mass is 16.5. The number of rotatable bonds is 17. The van der Waals surface area contributed by atoms with Crippen LogP contribution in [0.3, 0.4) is 0 Å². The first-order valence-electron chi connectivity index (χ1n) is 8.96. The van der Waals surface area contributed by atoms with Crippen molar-refractivity contribution in [3.8, 4) is 0 Å². The third kappa shape index (κ3) is 17.9. The number of unbranched alkanes of at least 4 members (excludes halogenated alkanes) is 13. The molecule has 0 aliphatic rings. The molecule has 0 unspecified atom stereocenters. The second-order valence-corrected chi connectivity index (χ2v) is 5.79. The van der Waals surface area contributed by atoms with Crippen LogP contribution >= 0.6 is 0 Å². The van der Waals surface area contributed by atoms with Crippen LogP contribution in [0.25, 0.3) is 0 Å². The summed E-state index contributed by atoms with van der Waals surface area (Å²) in [5, 5.41) is 8.54. The molecule has 2 heteroatoms. The van der Waals surface area contributed by atoms with Crippen LogP contribution in [0.2, 0.25) is 0 Å². The smallest absolute Gasteiger partial charge is 0.0837 e. The number of aliphatic hydroxyl groups excluding tert-OH is 1. The largest absolute Gasteiger partial charge is 0.394 e. The van der Waals surface area contributed by atoms with Gasteiger partial charge in [0.25, 0.3) is 0 Å². The molecule has 1 N–H and O–H groups in total. The van der Waals surface area contributed by atoms with Crippen molar-refractivity contribution >= 4 is 0 Å². The maximum Gasteiger partial charge on any atom is 0.0837 e. The van der Waals surface area contributed by atoms with Crippen LogP contribution in [-0.4, -0.2) is 18.3 Å². The predicted octanol–water partition coefficient (Wildman–Crippen LogP) is 5.64. The van der Waals surface area contributed by atoms with Crippen molar-refractivity contribution in [3.63, 3.8) is 0 Å². The summed E-state index contributed by atoms with van der Waals surface area (Å²) in [7, 11) is 0. The number of ether oxygens (including phenoxy) is 1. The van der Waals surface area contributed by atoms with Crippen LogP contribution in [0.5, 0.6) is 0 Å². The Morgan fingerprint density at radius 3 is 1.60 bits per heavy atom. The van der Waals surface area contributed by atoms with Gasteiger partial charge in [0.2, 0.25) is 0 Å². The molecule has 0 aromatic carbocycles. The molecule has 0 heterocycles. The van der Waals surface area contributed by atoms with Crippen molar-refractivity contribution in [1.29, 1.82) is 0 Å². The van der Waals surface area contributed by atoms with E-state index in [0.29, 0.717) is 6.61 Å². The van der Waals surface area contributed by atoms with Crippen molar-refractivity contribution in [3.05, 3.63) is 6.61 Å². The zero-order valence-corrected chi connectivity index (χ0v) is 13.7. The van der Waals surface area contributed by atoms with Crippen LogP contribution < -0.4 is 0 Å².